The van der Waals surface area contributed by atoms with Crippen LogP contribution in [-0.4, -0.2) is 4.98 Å². The summed E-state index contributed by atoms with van der Waals surface area (Å²) >= 11 is 6.14. The summed E-state index contributed by atoms with van der Waals surface area (Å²) in [6.45, 7) is 0. The van der Waals surface area contributed by atoms with Gasteiger partial charge in [0.1, 0.15) is 0 Å². The molecule has 1 atom stereocenters. The molecule has 3 rings (SSSR count). The number of rotatable bonds is 3. The molecule has 1 aliphatic rings. The zero-order valence-corrected chi connectivity index (χ0v) is 11.5. The van der Waals surface area contributed by atoms with Gasteiger partial charge in [0.2, 0.25) is 0 Å². The maximum atomic E-state index is 6.28. The second-order valence-corrected chi connectivity index (χ2v) is 5.58. The standard InChI is InChI=1S/C16H17ClN2/c17-15-10-19-9-8-14(15)16(18)13-6-4-12(5-7-13)11-2-1-3-11/h4-11,16H,1-3,18H2. The molecule has 0 radical (unpaired) electrons. The molecule has 0 aliphatic heterocycles. The van der Waals surface area contributed by atoms with E-state index < -0.39 is 0 Å². The molecule has 1 fully saturated rings. The van der Waals surface area contributed by atoms with Crippen LogP contribution in [0.2, 0.25) is 5.02 Å². The number of hydrogen-bond acceptors (Lipinski definition) is 2. The van der Waals surface area contributed by atoms with Crippen molar-refractivity contribution in [3.63, 3.8) is 0 Å². The highest BCUT2D eigenvalue weighted by atomic mass is 35.5. The van der Waals surface area contributed by atoms with E-state index in [1.807, 2.05) is 6.07 Å². The van der Waals surface area contributed by atoms with E-state index in [2.05, 4.69) is 29.2 Å². The van der Waals surface area contributed by atoms with E-state index in [0.717, 1.165) is 17.0 Å². The van der Waals surface area contributed by atoms with Crippen LogP contribution in [0.1, 0.15) is 47.9 Å². The Balaban J connectivity index is 1.83. The summed E-state index contributed by atoms with van der Waals surface area (Å²) in [5.74, 6) is 0.759. The smallest absolute Gasteiger partial charge is 0.0640 e. The summed E-state index contributed by atoms with van der Waals surface area (Å²) in [5.41, 5.74) is 9.73. The van der Waals surface area contributed by atoms with Crippen molar-refractivity contribution >= 4 is 11.6 Å². The molecule has 2 aromatic rings. The lowest BCUT2D eigenvalue weighted by molar-refractivity contribution is 0.419. The molecule has 2 nitrogen and oxygen atoms in total. The monoisotopic (exact) mass is 272 g/mol. The first-order valence-corrected chi connectivity index (χ1v) is 7.08. The van der Waals surface area contributed by atoms with E-state index in [-0.39, 0.29) is 6.04 Å². The van der Waals surface area contributed by atoms with E-state index in [9.17, 15) is 0 Å². The van der Waals surface area contributed by atoms with E-state index in [0.29, 0.717) is 5.02 Å². The van der Waals surface area contributed by atoms with Gasteiger partial charge in [-0.05, 0) is 41.5 Å². The van der Waals surface area contributed by atoms with Gasteiger partial charge in [-0.3, -0.25) is 4.98 Å². The molecule has 0 bridgehead atoms. The normalized spacial score (nSPS) is 16.9. The van der Waals surface area contributed by atoms with E-state index in [1.165, 1.54) is 24.8 Å². The molecule has 3 heteroatoms. The van der Waals surface area contributed by atoms with Crippen LogP contribution in [0, 0.1) is 0 Å². The largest absolute Gasteiger partial charge is 0.320 e. The maximum absolute atomic E-state index is 6.28. The average molecular weight is 273 g/mol. The first-order chi connectivity index (χ1) is 9.25. The molecule has 0 amide bonds. The number of pyridine rings is 1. The second-order valence-electron chi connectivity index (χ2n) is 5.17. The molecule has 0 spiro atoms. The summed E-state index contributed by atoms with van der Waals surface area (Å²) < 4.78 is 0. The summed E-state index contributed by atoms with van der Waals surface area (Å²) in [5, 5.41) is 0.623. The minimum Gasteiger partial charge on any atom is -0.320 e. The molecule has 1 aromatic carbocycles. The van der Waals surface area contributed by atoms with Crippen LogP contribution in [0.25, 0.3) is 0 Å². The second kappa shape index (κ2) is 5.32. The highest BCUT2D eigenvalue weighted by molar-refractivity contribution is 6.31. The average Bonchev–Trinajstić information content (AvgIpc) is 2.37. The molecular weight excluding hydrogens is 256 g/mol. The van der Waals surface area contributed by atoms with Crippen molar-refractivity contribution in [3.8, 4) is 0 Å². The molecule has 1 unspecified atom stereocenters. The highest BCUT2D eigenvalue weighted by Crippen LogP contribution is 2.36. The molecular formula is C16H17ClN2. The third-order valence-corrected chi connectivity index (χ3v) is 4.33. The zero-order chi connectivity index (χ0) is 13.2. The van der Waals surface area contributed by atoms with Crippen LogP contribution in [0.15, 0.2) is 42.7 Å². The lowest BCUT2D eigenvalue weighted by Crippen LogP contribution is -2.13. The van der Waals surface area contributed by atoms with Gasteiger partial charge in [-0.15, -0.1) is 0 Å². The maximum Gasteiger partial charge on any atom is 0.0640 e. The Labute approximate surface area is 118 Å². The van der Waals surface area contributed by atoms with E-state index >= 15 is 0 Å². The highest BCUT2D eigenvalue weighted by Gasteiger charge is 2.19. The quantitative estimate of drug-likeness (QED) is 0.915. The van der Waals surface area contributed by atoms with Crippen molar-refractivity contribution in [1.29, 1.82) is 0 Å². The predicted molar refractivity (Wildman–Crippen MR) is 78.3 cm³/mol. The van der Waals surface area contributed by atoms with Crippen LogP contribution in [0.5, 0.6) is 0 Å². The Bertz CT molecular complexity index is 561. The Kier molecular flexibility index (Phi) is 3.54. The Hall–Kier alpha value is -1.38. The summed E-state index contributed by atoms with van der Waals surface area (Å²) in [6.07, 6.45) is 7.37. The van der Waals surface area contributed by atoms with Gasteiger partial charge in [-0.2, -0.15) is 0 Å². The number of benzene rings is 1. The first-order valence-electron chi connectivity index (χ1n) is 6.70. The minimum atomic E-state index is -0.189. The number of nitrogens with zero attached hydrogens (tertiary/aromatic N) is 1. The van der Waals surface area contributed by atoms with E-state index in [1.54, 1.807) is 12.4 Å². The molecule has 19 heavy (non-hydrogen) atoms. The van der Waals surface area contributed by atoms with Crippen molar-refractivity contribution in [2.45, 2.75) is 31.2 Å². The fourth-order valence-electron chi connectivity index (χ4n) is 2.53. The fourth-order valence-corrected chi connectivity index (χ4v) is 2.77. The SMILES string of the molecule is NC(c1ccc(C2CCC2)cc1)c1ccncc1Cl. The van der Waals surface area contributed by atoms with Gasteiger partial charge in [0.15, 0.2) is 0 Å². The summed E-state index contributed by atoms with van der Waals surface area (Å²) in [6, 6.07) is 10.3. The van der Waals surface area contributed by atoms with Gasteiger partial charge < -0.3 is 5.73 Å². The van der Waals surface area contributed by atoms with Crippen molar-refractivity contribution in [3.05, 3.63) is 64.4 Å². The van der Waals surface area contributed by atoms with Gasteiger partial charge in [0, 0.05) is 12.4 Å². The zero-order valence-electron chi connectivity index (χ0n) is 10.7. The number of nitrogens with two attached hydrogens (primary N) is 1. The first kappa shape index (κ1) is 12.6. The molecule has 1 saturated carbocycles. The minimum absolute atomic E-state index is 0.189. The topological polar surface area (TPSA) is 38.9 Å². The number of hydrogen-bond donors (Lipinski definition) is 1. The molecule has 0 saturated heterocycles. The summed E-state index contributed by atoms with van der Waals surface area (Å²) in [7, 11) is 0. The van der Waals surface area contributed by atoms with Crippen molar-refractivity contribution in [2.75, 3.05) is 0 Å². The number of halogens is 1. The molecule has 1 aromatic heterocycles. The van der Waals surface area contributed by atoms with Gasteiger partial charge in [0.05, 0.1) is 11.1 Å². The molecule has 1 aliphatic carbocycles. The van der Waals surface area contributed by atoms with Crippen molar-refractivity contribution in [1.82, 2.24) is 4.98 Å². The third kappa shape index (κ3) is 2.51. The lowest BCUT2D eigenvalue weighted by Gasteiger charge is -2.26. The third-order valence-electron chi connectivity index (χ3n) is 4.01. The van der Waals surface area contributed by atoms with Crippen LogP contribution >= 0.6 is 11.6 Å². The Morgan fingerprint density at radius 2 is 1.89 bits per heavy atom. The van der Waals surface area contributed by atoms with Crippen LogP contribution in [-0.2, 0) is 0 Å². The Morgan fingerprint density at radius 1 is 1.16 bits per heavy atom. The van der Waals surface area contributed by atoms with Gasteiger partial charge in [-0.25, -0.2) is 0 Å². The van der Waals surface area contributed by atoms with E-state index in [4.69, 9.17) is 17.3 Å². The molecule has 2 N–H and O–H groups in total. The molecule has 98 valence electrons. The van der Waals surface area contributed by atoms with Crippen LogP contribution < -0.4 is 5.73 Å². The van der Waals surface area contributed by atoms with Crippen LogP contribution in [0.4, 0.5) is 0 Å². The van der Waals surface area contributed by atoms with Gasteiger partial charge >= 0.3 is 0 Å². The predicted octanol–water partition coefficient (Wildman–Crippen LogP) is 4.05. The summed E-state index contributed by atoms with van der Waals surface area (Å²) in [4.78, 5) is 3.99. The number of aromatic nitrogens is 1. The van der Waals surface area contributed by atoms with Crippen molar-refractivity contribution in [2.24, 2.45) is 5.73 Å². The van der Waals surface area contributed by atoms with Crippen molar-refractivity contribution < 1.29 is 0 Å². The van der Waals surface area contributed by atoms with Gasteiger partial charge in [0.25, 0.3) is 0 Å². The molecule has 1 heterocycles. The van der Waals surface area contributed by atoms with Crippen LogP contribution in [0.3, 0.4) is 0 Å². The lowest BCUT2D eigenvalue weighted by atomic mass is 9.79. The van der Waals surface area contributed by atoms with Gasteiger partial charge in [-0.1, -0.05) is 42.3 Å². The fraction of sp³-hybridized carbons (Fsp3) is 0.312. The Morgan fingerprint density at radius 3 is 2.47 bits per heavy atom.